The lowest BCUT2D eigenvalue weighted by Crippen LogP contribution is -2.48. The smallest absolute Gasteiger partial charge is 0.409 e. The zero-order chi connectivity index (χ0) is 20.5. The first-order valence-electron chi connectivity index (χ1n) is 10.5. The molecule has 0 radical (unpaired) electrons. The molecule has 162 valence electrons. The van der Waals surface area contributed by atoms with Crippen molar-refractivity contribution in [3.05, 3.63) is 29.8 Å². The molecule has 1 amide bonds. The first-order valence-corrected chi connectivity index (χ1v) is 10.5. The summed E-state index contributed by atoms with van der Waals surface area (Å²) in [6.45, 7) is 10.1. The quantitative estimate of drug-likeness (QED) is 0.690. The second kappa shape index (κ2) is 11.3. The molecule has 1 aromatic carbocycles. The minimum Gasteiger partial charge on any atom is -0.491 e. The van der Waals surface area contributed by atoms with Gasteiger partial charge in [-0.05, 0) is 24.6 Å². The fraction of sp³-hybridized carbons (Fsp3) is 0.667. The van der Waals surface area contributed by atoms with Gasteiger partial charge < -0.3 is 24.2 Å². The summed E-state index contributed by atoms with van der Waals surface area (Å²) in [5.74, 6) is 0.772. The van der Waals surface area contributed by atoms with Gasteiger partial charge in [0.15, 0.2) is 0 Å². The Bertz CT molecular complexity index is 630. The lowest BCUT2D eigenvalue weighted by Gasteiger charge is -2.34. The Morgan fingerprint density at radius 1 is 1.14 bits per heavy atom. The number of ether oxygens (including phenoxy) is 3. The van der Waals surface area contributed by atoms with Crippen molar-refractivity contribution in [2.24, 2.45) is 0 Å². The van der Waals surface area contributed by atoms with Crippen LogP contribution in [0, 0.1) is 0 Å². The second-order valence-electron chi connectivity index (χ2n) is 7.49. The fourth-order valence-corrected chi connectivity index (χ4v) is 3.62. The van der Waals surface area contributed by atoms with Crippen molar-refractivity contribution in [3.8, 4) is 5.75 Å². The van der Waals surface area contributed by atoms with Crippen LogP contribution < -0.4 is 4.74 Å². The van der Waals surface area contributed by atoms with Gasteiger partial charge in [0.25, 0.3) is 0 Å². The van der Waals surface area contributed by atoms with Gasteiger partial charge in [-0.1, -0.05) is 12.1 Å². The molecule has 2 heterocycles. The number of piperazine rings is 1. The van der Waals surface area contributed by atoms with Gasteiger partial charge >= 0.3 is 6.09 Å². The number of amides is 1. The summed E-state index contributed by atoms with van der Waals surface area (Å²) < 4.78 is 16.2. The van der Waals surface area contributed by atoms with E-state index in [0.717, 1.165) is 57.3 Å². The highest BCUT2D eigenvalue weighted by Gasteiger charge is 2.22. The maximum absolute atomic E-state index is 11.8. The minimum atomic E-state index is -0.521. The lowest BCUT2D eigenvalue weighted by molar-refractivity contribution is 0.00464. The van der Waals surface area contributed by atoms with E-state index in [1.807, 2.05) is 25.1 Å². The summed E-state index contributed by atoms with van der Waals surface area (Å²) >= 11 is 0. The van der Waals surface area contributed by atoms with Crippen molar-refractivity contribution in [2.75, 3.05) is 72.2 Å². The van der Waals surface area contributed by atoms with Crippen LogP contribution in [0.3, 0.4) is 0 Å². The third-order valence-corrected chi connectivity index (χ3v) is 5.22. The Labute approximate surface area is 172 Å². The normalized spacial score (nSPS) is 19.7. The summed E-state index contributed by atoms with van der Waals surface area (Å²) in [6, 6.07) is 8.01. The van der Waals surface area contributed by atoms with Crippen LogP contribution in [0.2, 0.25) is 0 Å². The Kier molecular flexibility index (Phi) is 8.54. The summed E-state index contributed by atoms with van der Waals surface area (Å²) in [7, 11) is 0. The summed E-state index contributed by atoms with van der Waals surface area (Å²) in [5, 5.41) is 10.2. The maximum Gasteiger partial charge on any atom is 0.409 e. The van der Waals surface area contributed by atoms with Crippen LogP contribution >= 0.6 is 0 Å². The van der Waals surface area contributed by atoms with E-state index in [0.29, 0.717) is 26.2 Å². The molecule has 1 N–H and O–H groups in total. The van der Waals surface area contributed by atoms with Crippen LogP contribution in [-0.2, 0) is 16.0 Å². The zero-order valence-corrected chi connectivity index (χ0v) is 17.3. The molecule has 29 heavy (non-hydrogen) atoms. The van der Waals surface area contributed by atoms with Crippen LogP contribution in [0.1, 0.15) is 12.5 Å². The minimum absolute atomic E-state index is 0.224. The Hall–Kier alpha value is -1.87. The van der Waals surface area contributed by atoms with E-state index < -0.39 is 6.10 Å². The number of hydrogen-bond acceptors (Lipinski definition) is 7. The van der Waals surface area contributed by atoms with Crippen molar-refractivity contribution in [1.82, 2.24) is 14.7 Å². The van der Waals surface area contributed by atoms with Gasteiger partial charge in [0.05, 0.1) is 19.8 Å². The number of hydrogen-bond donors (Lipinski definition) is 1. The number of β-amino-alcohol motifs (C(OH)–C–C–N with tert-alkyl or cyclic N) is 1. The first-order chi connectivity index (χ1) is 14.1. The Morgan fingerprint density at radius 2 is 1.90 bits per heavy atom. The third-order valence-electron chi connectivity index (χ3n) is 5.22. The van der Waals surface area contributed by atoms with E-state index in [9.17, 15) is 9.90 Å². The van der Waals surface area contributed by atoms with Gasteiger partial charge in [-0.2, -0.15) is 0 Å². The molecular weight excluding hydrogens is 374 g/mol. The fourth-order valence-electron chi connectivity index (χ4n) is 3.62. The third kappa shape index (κ3) is 7.15. The Morgan fingerprint density at radius 3 is 2.62 bits per heavy atom. The molecule has 0 bridgehead atoms. The largest absolute Gasteiger partial charge is 0.491 e. The predicted molar refractivity (Wildman–Crippen MR) is 109 cm³/mol. The van der Waals surface area contributed by atoms with Crippen molar-refractivity contribution in [2.45, 2.75) is 19.6 Å². The number of carbonyl (C=O) groups is 1. The second-order valence-corrected chi connectivity index (χ2v) is 7.49. The standard InChI is InChI=1S/C21H33N3O5/c1-2-28-21(26)24-8-6-22(7-9-24)15-18-4-3-5-20(14-18)29-17-19(25)16-23-10-12-27-13-11-23/h3-5,14,19,25H,2,6-13,15-17H2,1H3. The number of aliphatic hydroxyl groups excluding tert-OH is 1. The average molecular weight is 408 g/mol. The highest BCUT2D eigenvalue weighted by atomic mass is 16.6. The Balaban J connectivity index is 1.41. The van der Waals surface area contributed by atoms with Crippen LogP contribution in [0.25, 0.3) is 0 Å². The van der Waals surface area contributed by atoms with E-state index in [1.165, 1.54) is 0 Å². The number of aliphatic hydroxyl groups is 1. The number of rotatable bonds is 8. The van der Waals surface area contributed by atoms with E-state index >= 15 is 0 Å². The molecular formula is C21H33N3O5. The molecule has 1 aromatic rings. The van der Waals surface area contributed by atoms with E-state index in [4.69, 9.17) is 14.2 Å². The lowest BCUT2D eigenvalue weighted by atomic mass is 10.2. The number of benzene rings is 1. The monoisotopic (exact) mass is 407 g/mol. The van der Waals surface area contributed by atoms with E-state index in [1.54, 1.807) is 4.90 Å². The molecule has 2 saturated heterocycles. The summed E-state index contributed by atoms with van der Waals surface area (Å²) in [4.78, 5) is 18.1. The van der Waals surface area contributed by atoms with Crippen LogP contribution in [0.5, 0.6) is 5.75 Å². The molecule has 8 nitrogen and oxygen atoms in total. The molecule has 2 aliphatic rings. The van der Waals surface area contributed by atoms with Gasteiger partial charge in [-0.25, -0.2) is 4.79 Å². The zero-order valence-electron chi connectivity index (χ0n) is 17.3. The van der Waals surface area contributed by atoms with Crippen molar-refractivity contribution in [3.63, 3.8) is 0 Å². The molecule has 2 fully saturated rings. The molecule has 1 atom stereocenters. The maximum atomic E-state index is 11.8. The predicted octanol–water partition coefficient (Wildman–Crippen LogP) is 1.03. The molecule has 3 rings (SSSR count). The first kappa shape index (κ1) is 21.8. The molecule has 1 unspecified atom stereocenters. The van der Waals surface area contributed by atoms with Gasteiger partial charge in [0, 0.05) is 52.4 Å². The van der Waals surface area contributed by atoms with E-state index in [2.05, 4.69) is 15.9 Å². The SMILES string of the molecule is CCOC(=O)N1CCN(Cc2cccc(OCC(O)CN3CCOCC3)c2)CC1. The average Bonchev–Trinajstić information content (AvgIpc) is 2.74. The highest BCUT2D eigenvalue weighted by molar-refractivity contribution is 5.67. The number of carbonyl (C=O) groups excluding carboxylic acids is 1. The van der Waals surface area contributed by atoms with Crippen LogP contribution in [0.15, 0.2) is 24.3 Å². The summed E-state index contributed by atoms with van der Waals surface area (Å²) in [6.07, 6.45) is -0.745. The topological polar surface area (TPSA) is 74.7 Å². The molecule has 2 aliphatic heterocycles. The molecule has 0 aliphatic carbocycles. The highest BCUT2D eigenvalue weighted by Crippen LogP contribution is 2.16. The summed E-state index contributed by atoms with van der Waals surface area (Å²) in [5.41, 5.74) is 1.16. The molecule has 0 aromatic heterocycles. The van der Waals surface area contributed by atoms with Crippen LogP contribution in [-0.4, -0.2) is 104 Å². The number of nitrogens with zero attached hydrogens (tertiary/aromatic N) is 3. The van der Waals surface area contributed by atoms with Gasteiger partial charge in [0.1, 0.15) is 18.5 Å². The molecule has 0 spiro atoms. The van der Waals surface area contributed by atoms with Crippen molar-refractivity contribution in [1.29, 1.82) is 0 Å². The van der Waals surface area contributed by atoms with Gasteiger partial charge in [0.2, 0.25) is 0 Å². The van der Waals surface area contributed by atoms with Gasteiger partial charge in [-0.15, -0.1) is 0 Å². The molecule has 8 heteroatoms. The molecule has 0 saturated carbocycles. The van der Waals surface area contributed by atoms with Gasteiger partial charge in [-0.3, -0.25) is 9.80 Å². The van der Waals surface area contributed by atoms with Crippen LogP contribution in [0.4, 0.5) is 4.79 Å². The van der Waals surface area contributed by atoms with Crippen molar-refractivity contribution >= 4 is 6.09 Å². The van der Waals surface area contributed by atoms with Crippen molar-refractivity contribution < 1.29 is 24.1 Å². The van der Waals surface area contributed by atoms with E-state index in [-0.39, 0.29) is 12.7 Å². The number of morpholine rings is 1.